The molecule has 0 saturated carbocycles. The van der Waals surface area contributed by atoms with Crippen molar-refractivity contribution in [2.24, 2.45) is 0 Å². The number of carbonyl (C=O) groups excluding carboxylic acids is 1. The monoisotopic (exact) mass is 494 g/mol. The molecule has 0 saturated heterocycles. The van der Waals surface area contributed by atoms with Gasteiger partial charge in [-0.3, -0.25) is 9.52 Å². The Labute approximate surface area is 203 Å². The molecular formula is C26H23ClN2O4S. The fourth-order valence-electron chi connectivity index (χ4n) is 3.41. The SMILES string of the molecule is O=C(CCCOc1ccc(Cl)cc1)Nc1ccc(S(=O)(=O)Nc2cccc3ccccc23)cc1. The van der Waals surface area contributed by atoms with Crippen LogP contribution in [0.4, 0.5) is 11.4 Å². The van der Waals surface area contributed by atoms with Crippen LogP contribution >= 0.6 is 11.6 Å². The number of nitrogens with one attached hydrogen (secondary N) is 2. The van der Waals surface area contributed by atoms with Crippen molar-refractivity contribution < 1.29 is 17.9 Å². The smallest absolute Gasteiger partial charge is 0.261 e. The summed E-state index contributed by atoms with van der Waals surface area (Å²) in [5.41, 5.74) is 1.03. The van der Waals surface area contributed by atoms with E-state index in [9.17, 15) is 13.2 Å². The zero-order chi connectivity index (χ0) is 24.0. The van der Waals surface area contributed by atoms with Gasteiger partial charge in [0.2, 0.25) is 5.91 Å². The third-order valence-corrected chi connectivity index (χ3v) is 6.75. The van der Waals surface area contributed by atoms with Crippen LogP contribution in [0.1, 0.15) is 12.8 Å². The molecule has 34 heavy (non-hydrogen) atoms. The van der Waals surface area contributed by atoms with Gasteiger partial charge in [-0.05, 0) is 66.4 Å². The van der Waals surface area contributed by atoms with Gasteiger partial charge in [0.1, 0.15) is 5.75 Å². The number of carbonyl (C=O) groups is 1. The van der Waals surface area contributed by atoms with Crippen molar-refractivity contribution in [3.63, 3.8) is 0 Å². The summed E-state index contributed by atoms with van der Waals surface area (Å²) in [6.07, 6.45) is 0.812. The number of amides is 1. The van der Waals surface area contributed by atoms with Crippen LogP contribution in [0.5, 0.6) is 5.75 Å². The molecule has 0 bridgehead atoms. The molecule has 0 radical (unpaired) electrons. The Kier molecular flexibility index (Phi) is 7.35. The van der Waals surface area contributed by atoms with E-state index in [-0.39, 0.29) is 17.2 Å². The van der Waals surface area contributed by atoms with Gasteiger partial charge in [0.15, 0.2) is 0 Å². The minimum atomic E-state index is -3.78. The molecule has 8 heteroatoms. The van der Waals surface area contributed by atoms with Gasteiger partial charge in [0, 0.05) is 22.5 Å². The number of ether oxygens (including phenoxy) is 1. The second kappa shape index (κ2) is 10.6. The zero-order valence-electron chi connectivity index (χ0n) is 18.2. The fourth-order valence-corrected chi connectivity index (χ4v) is 4.62. The van der Waals surface area contributed by atoms with Crippen LogP contribution in [0.2, 0.25) is 5.02 Å². The first-order chi connectivity index (χ1) is 16.4. The quantitative estimate of drug-likeness (QED) is 0.276. The van der Waals surface area contributed by atoms with E-state index in [0.29, 0.717) is 35.2 Å². The van der Waals surface area contributed by atoms with Crippen LogP contribution in [-0.2, 0) is 14.8 Å². The van der Waals surface area contributed by atoms with Crippen LogP contribution in [-0.4, -0.2) is 20.9 Å². The van der Waals surface area contributed by atoms with E-state index in [1.807, 2.05) is 30.3 Å². The summed E-state index contributed by atoms with van der Waals surface area (Å²) in [6.45, 7) is 0.395. The summed E-state index contributed by atoms with van der Waals surface area (Å²) >= 11 is 5.84. The van der Waals surface area contributed by atoms with Crippen LogP contribution in [0.25, 0.3) is 10.8 Å². The first-order valence-electron chi connectivity index (χ1n) is 10.7. The molecule has 1 amide bonds. The predicted molar refractivity (Wildman–Crippen MR) is 136 cm³/mol. The Bertz CT molecular complexity index is 1380. The highest BCUT2D eigenvalue weighted by Crippen LogP contribution is 2.26. The lowest BCUT2D eigenvalue weighted by molar-refractivity contribution is -0.116. The average Bonchev–Trinajstić information content (AvgIpc) is 2.83. The Morgan fingerprint density at radius 3 is 2.32 bits per heavy atom. The minimum Gasteiger partial charge on any atom is -0.494 e. The van der Waals surface area contributed by atoms with Crippen LogP contribution in [0, 0.1) is 0 Å². The van der Waals surface area contributed by atoms with E-state index >= 15 is 0 Å². The minimum absolute atomic E-state index is 0.106. The van der Waals surface area contributed by atoms with E-state index in [2.05, 4.69) is 10.0 Å². The number of anilines is 2. The van der Waals surface area contributed by atoms with Crippen molar-refractivity contribution in [1.29, 1.82) is 0 Å². The van der Waals surface area contributed by atoms with Crippen molar-refractivity contribution in [2.45, 2.75) is 17.7 Å². The number of fused-ring (bicyclic) bond motifs is 1. The second-order valence-electron chi connectivity index (χ2n) is 7.61. The normalized spacial score (nSPS) is 11.2. The van der Waals surface area contributed by atoms with Gasteiger partial charge >= 0.3 is 0 Å². The Morgan fingerprint density at radius 2 is 1.56 bits per heavy atom. The Hall–Kier alpha value is -3.55. The molecule has 2 N–H and O–H groups in total. The predicted octanol–water partition coefficient (Wildman–Crippen LogP) is 6.09. The van der Waals surface area contributed by atoms with E-state index < -0.39 is 10.0 Å². The number of rotatable bonds is 9. The summed E-state index contributed by atoms with van der Waals surface area (Å²) in [7, 11) is -3.78. The summed E-state index contributed by atoms with van der Waals surface area (Å²) in [6, 6.07) is 26.1. The standard InChI is InChI=1S/C26H23ClN2O4S/c27-20-10-14-22(15-11-20)33-18-4-9-26(30)28-21-12-16-23(17-13-21)34(31,32)29-25-8-3-6-19-5-1-2-7-24(19)25/h1-3,5-8,10-17,29H,4,9,18H2,(H,28,30). The molecular weight excluding hydrogens is 472 g/mol. The Morgan fingerprint density at radius 1 is 0.853 bits per heavy atom. The molecule has 0 unspecified atom stereocenters. The molecule has 0 heterocycles. The summed E-state index contributed by atoms with van der Waals surface area (Å²) in [5, 5.41) is 5.17. The van der Waals surface area contributed by atoms with Crippen molar-refractivity contribution in [3.05, 3.63) is 96.0 Å². The number of benzene rings is 4. The molecule has 6 nitrogen and oxygen atoms in total. The molecule has 4 rings (SSSR count). The summed E-state index contributed by atoms with van der Waals surface area (Å²) < 4.78 is 34.0. The molecule has 4 aromatic carbocycles. The van der Waals surface area contributed by atoms with Gasteiger partial charge in [0.05, 0.1) is 17.2 Å². The van der Waals surface area contributed by atoms with E-state index in [1.54, 1.807) is 48.5 Å². The maximum Gasteiger partial charge on any atom is 0.261 e. The number of hydrogen-bond donors (Lipinski definition) is 2. The number of sulfonamides is 1. The zero-order valence-corrected chi connectivity index (χ0v) is 19.8. The largest absolute Gasteiger partial charge is 0.494 e. The molecule has 0 atom stereocenters. The van der Waals surface area contributed by atoms with E-state index in [1.165, 1.54) is 12.1 Å². The molecule has 0 aliphatic rings. The van der Waals surface area contributed by atoms with Gasteiger partial charge in [-0.25, -0.2) is 8.42 Å². The first kappa shape index (κ1) is 23.6. The van der Waals surface area contributed by atoms with Crippen molar-refractivity contribution >= 4 is 49.7 Å². The Balaban J connectivity index is 1.31. The second-order valence-corrected chi connectivity index (χ2v) is 9.73. The van der Waals surface area contributed by atoms with E-state index in [4.69, 9.17) is 16.3 Å². The van der Waals surface area contributed by atoms with Gasteiger partial charge in [-0.2, -0.15) is 0 Å². The average molecular weight is 495 g/mol. The van der Waals surface area contributed by atoms with Gasteiger partial charge in [-0.1, -0.05) is 48.0 Å². The fraction of sp³-hybridized carbons (Fsp3) is 0.115. The van der Waals surface area contributed by atoms with Gasteiger partial charge < -0.3 is 10.1 Å². The summed E-state index contributed by atoms with van der Waals surface area (Å²) in [5.74, 6) is 0.517. The lowest BCUT2D eigenvalue weighted by atomic mass is 10.1. The van der Waals surface area contributed by atoms with Crippen LogP contribution in [0.15, 0.2) is 95.9 Å². The molecule has 0 aliphatic carbocycles. The number of halogens is 1. The molecule has 0 aromatic heterocycles. The van der Waals surface area contributed by atoms with Crippen LogP contribution < -0.4 is 14.8 Å². The lowest BCUT2D eigenvalue weighted by Crippen LogP contribution is -2.14. The van der Waals surface area contributed by atoms with Gasteiger partial charge in [-0.15, -0.1) is 0 Å². The first-order valence-corrected chi connectivity index (χ1v) is 12.6. The third kappa shape index (κ3) is 6.07. The highest BCUT2D eigenvalue weighted by atomic mass is 35.5. The third-order valence-electron chi connectivity index (χ3n) is 5.11. The molecule has 0 spiro atoms. The highest BCUT2D eigenvalue weighted by Gasteiger charge is 2.15. The van der Waals surface area contributed by atoms with E-state index in [0.717, 1.165) is 10.8 Å². The van der Waals surface area contributed by atoms with Crippen molar-refractivity contribution in [2.75, 3.05) is 16.6 Å². The molecule has 0 aliphatic heterocycles. The topological polar surface area (TPSA) is 84.5 Å². The maximum absolute atomic E-state index is 12.9. The van der Waals surface area contributed by atoms with Gasteiger partial charge in [0.25, 0.3) is 10.0 Å². The van der Waals surface area contributed by atoms with Crippen LogP contribution in [0.3, 0.4) is 0 Å². The number of hydrogen-bond acceptors (Lipinski definition) is 4. The summed E-state index contributed by atoms with van der Waals surface area (Å²) in [4.78, 5) is 12.3. The van der Waals surface area contributed by atoms with Crippen molar-refractivity contribution in [3.8, 4) is 5.75 Å². The highest BCUT2D eigenvalue weighted by molar-refractivity contribution is 7.92. The maximum atomic E-state index is 12.9. The molecule has 4 aromatic rings. The lowest BCUT2D eigenvalue weighted by Gasteiger charge is -2.12. The molecule has 0 fully saturated rings. The molecule has 174 valence electrons. The van der Waals surface area contributed by atoms with Crippen molar-refractivity contribution in [1.82, 2.24) is 0 Å².